The minimum absolute atomic E-state index is 0.144. The summed E-state index contributed by atoms with van der Waals surface area (Å²) >= 11 is 0. The Balaban J connectivity index is 2.88. The average Bonchev–Trinajstić information content (AvgIpc) is 2.36. The summed E-state index contributed by atoms with van der Waals surface area (Å²) in [5.41, 5.74) is 5.66. The maximum atomic E-state index is 12.1. The number of rotatable bonds is 4. The lowest BCUT2D eigenvalue weighted by atomic mass is 9.90. The van der Waals surface area contributed by atoms with Crippen molar-refractivity contribution >= 4 is 10.0 Å². The monoisotopic (exact) mass is 259 g/mol. The molecule has 1 heterocycles. The van der Waals surface area contributed by atoms with Crippen LogP contribution in [0.2, 0.25) is 0 Å². The highest BCUT2D eigenvalue weighted by Gasteiger charge is 2.37. The van der Waals surface area contributed by atoms with Crippen LogP contribution in [-0.2, 0) is 10.0 Å². The molecule has 0 saturated carbocycles. The quantitative estimate of drug-likeness (QED) is 0.804. The third-order valence-electron chi connectivity index (χ3n) is 3.58. The summed E-state index contributed by atoms with van der Waals surface area (Å²) in [4.78, 5) is 0. The van der Waals surface area contributed by atoms with Crippen molar-refractivity contribution in [2.75, 3.05) is 13.1 Å². The van der Waals surface area contributed by atoms with Crippen molar-refractivity contribution in [3.8, 4) is 6.07 Å². The zero-order chi connectivity index (χ0) is 13.1. The Morgan fingerprint density at radius 3 is 2.71 bits per heavy atom. The molecule has 0 bridgehead atoms. The molecule has 98 valence electrons. The second-order valence-corrected chi connectivity index (χ2v) is 6.82. The van der Waals surface area contributed by atoms with E-state index in [1.54, 1.807) is 6.07 Å². The summed E-state index contributed by atoms with van der Waals surface area (Å²) in [5, 5.41) is 7.78. The Bertz CT molecular complexity index is 388. The molecule has 0 spiro atoms. The predicted molar refractivity (Wildman–Crippen MR) is 66.6 cm³/mol. The summed E-state index contributed by atoms with van der Waals surface area (Å²) in [6, 6.07) is 1.66. The van der Waals surface area contributed by atoms with Crippen LogP contribution in [0.3, 0.4) is 0 Å². The Hall–Kier alpha value is -0.640. The molecule has 17 heavy (non-hydrogen) atoms. The number of hydrogen-bond acceptors (Lipinski definition) is 4. The Kier molecular flexibility index (Phi) is 4.92. The molecule has 2 N–H and O–H groups in total. The number of nitrogens with two attached hydrogens (primary N) is 1. The van der Waals surface area contributed by atoms with Gasteiger partial charge in [0.05, 0.1) is 6.07 Å². The van der Waals surface area contributed by atoms with Crippen LogP contribution in [0.15, 0.2) is 0 Å². The molecule has 0 aromatic carbocycles. The van der Waals surface area contributed by atoms with Crippen molar-refractivity contribution < 1.29 is 8.42 Å². The normalized spacial score (nSPS) is 28.6. The van der Waals surface area contributed by atoms with Crippen LogP contribution in [0.1, 0.15) is 33.1 Å². The second-order valence-electron chi connectivity index (χ2n) is 4.62. The third-order valence-corrected chi connectivity index (χ3v) is 5.71. The molecular formula is C11H21N3O2S. The molecular weight excluding hydrogens is 238 g/mol. The zero-order valence-electron chi connectivity index (χ0n) is 10.5. The molecule has 1 fully saturated rings. The van der Waals surface area contributed by atoms with Gasteiger partial charge in [-0.15, -0.1) is 0 Å². The maximum absolute atomic E-state index is 12.1. The van der Waals surface area contributed by atoms with E-state index < -0.39 is 15.3 Å². The fraction of sp³-hybridized carbons (Fsp3) is 0.909. The number of sulfonamides is 1. The summed E-state index contributed by atoms with van der Waals surface area (Å²) in [7, 11) is -3.51. The van der Waals surface area contributed by atoms with Gasteiger partial charge in [0.1, 0.15) is 0 Å². The molecule has 3 unspecified atom stereocenters. The fourth-order valence-electron chi connectivity index (χ4n) is 2.30. The first-order chi connectivity index (χ1) is 7.97. The van der Waals surface area contributed by atoms with Gasteiger partial charge in [0.2, 0.25) is 10.0 Å². The highest BCUT2D eigenvalue weighted by molar-refractivity contribution is 7.90. The topological polar surface area (TPSA) is 87.2 Å². The van der Waals surface area contributed by atoms with Crippen LogP contribution in [0.4, 0.5) is 0 Å². The lowest BCUT2D eigenvalue weighted by molar-refractivity contribution is 0.197. The van der Waals surface area contributed by atoms with E-state index >= 15 is 0 Å². The molecule has 0 aliphatic carbocycles. The first kappa shape index (κ1) is 14.4. The van der Waals surface area contributed by atoms with E-state index in [-0.39, 0.29) is 6.04 Å². The average molecular weight is 259 g/mol. The van der Waals surface area contributed by atoms with Crippen LogP contribution in [0.25, 0.3) is 0 Å². The number of hydrogen-bond donors (Lipinski definition) is 1. The molecule has 0 amide bonds. The minimum atomic E-state index is -3.51. The fourth-order valence-corrected chi connectivity index (χ4v) is 3.79. The van der Waals surface area contributed by atoms with Crippen LogP contribution in [-0.4, -0.2) is 37.1 Å². The molecule has 1 saturated heterocycles. The minimum Gasteiger partial charge on any atom is -0.329 e. The van der Waals surface area contributed by atoms with Crippen molar-refractivity contribution in [3.05, 3.63) is 0 Å². The van der Waals surface area contributed by atoms with Gasteiger partial charge < -0.3 is 5.73 Å². The van der Waals surface area contributed by atoms with Gasteiger partial charge >= 0.3 is 0 Å². The van der Waals surface area contributed by atoms with E-state index in [1.165, 1.54) is 11.2 Å². The Morgan fingerprint density at radius 1 is 1.59 bits per heavy atom. The van der Waals surface area contributed by atoms with Crippen LogP contribution >= 0.6 is 0 Å². The zero-order valence-corrected chi connectivity index (χ0v) is 11.3. The van der Waals surface area contributed by atoms with Gasteiger partial charge in [0.25, 0.3) is 0 Å². The van der Waals surface area contributed by atoms with Crippen molar-refractivity contribution in [3.63, 3.8) is 0 Å². The summed E-state index contributed by atoms with van der Waals surface area (Å²) in [6.07, 6.45) is 2.73. The van der Waals surface area contributed by atoms with Crippen molar-refractivity contribution in [2.24, 2.45) is 11.7 Å². The van der Waals surface area contributed by atoms with Gasteiger partial charge in [0, 0.05) is 19.1 Å². The molecule has 5 nitrogen and oxygen atoms in total. The summed E-state index contributed by atoms with van der Waals surface area (Å²) in [5.74, 6) is 0.549. The molecule has 0 radical (unpaired) electrons. The van der Waals surface area contributed by atoms with Crippen LogP contribution in [0, 0.1) is 17.2 Å². The molecule has 0 aromatic heterocycles. The first-order valence-corrected chi connectivity index (χ1v) is 7.58. The number of nitriles is 1. The van der Waals surface area contributed by atoms with Crippen molar-refractivity contribution in [2.45, 2.75) is 44.4 Å². The van der Waals surface area contributed by atoms with Crippen LogP contribution < -0.4 is 5.73 Å². The van der Waals surface area contributed by atoms with Crippen molar-refractivity contribution in [1.82, 2.24) is 4.31 Å². The lowest BCUT2D eigenvalue weighted by Gasteiger charge is -2.38. The maximum Gasteiger partial charge on any atom is 0.230 e. The first-order valence-electron chi connectivity index (χ1n) is 6.07. The van der Waals surface area contributed by atoms with E-state index in [2.05, 4.69) is 6.92 Å². The van der Waals surface area contributed by atoms with Gasteiger partial charge in [-0.2, -0.15) is 9.57 Å². The summed E-state index contributed by atoms with van der Waals surface area (Å²) < 4.78 is 25.7. The lowest BCUT2D eigenvalue weighted by Crippen LogP contribution is -2.51. The van der Waals surface area contributed by atoms with Crippen molar-refractivity contribution in [1.29, 1.82) is 5.26 Å². The standard InChI is InChI=1S/C11H21N3O2S/c1-3-10-4-5-14(11(6-10)8-13)17(15,16)9(2)7-12/h9-11H,3-6,8,13H2,1-2H3. The molecule has 1 aliphatic heterocycles. The van der Waals surface area contributed by atoms with E-state index in [9.17, 15) is 8.42 Å². The molecule has 1 rings (SSSR count). The highest BCUT2D eigenvalue weighted by Crippen LogP contribution is 2.28. The number of piperidine rings is 1. The second kappa shape index (κ2) is 5.80. The smallest absolute Gasteiger partial charge is 0.230 e. The molecule has 3 atom stereocenters. The Labute approximate surface area is 104 Å². The van der Waals surface area contributed by atoms with E-state index in [0.717, 1.165) is 19.3 Å². The van der Waals surface area contributed by atoms with Gasteiger partial charge in [-0.1, -0.05) is 13.3 Å². The molecule has 6 heteroatoms. The van der Waals surface area contributed by atoms with E-state index in [0.29, 0.717) is 19.0 Å². The van der Waals surface area contributed by atoms with Crippen LogP contribution in [0.5, 0.6) is 0 Å². The summed E-state index contributed by atoms with van der Waals surface area (Å²) in [6.45, 7) is 4.36. The molecule has 1 aliphatic rings. The van der Waals surface area contributed by atoms with Gasteiger partial charge in [0.15, 0.2) is 5.25 Å². The van der Waals surface area contributed by atoms with Gasteiger partial charge in [-0.3, -0.25) is 0 Å². The van der Waals surface area contributed by atoms with E-state index in [1.807, 2.05) is 0 Å². The predicted octanol–water partition coefficient (Wildman–Crippen LogP) is 0.678. The highest BCUT2D eigenvalue weighted by atomic mass is 32.2. The SMILES string of the molecule is CCC1CCN(S(=O)(=O)C(C)C#N)C(CN)C1. The Morgan fingerprint density at radius 2 is 2.24 bits per heavy atom. The number of nitrogens with zero attached hydrogens (tertiary/aromatic N) is 2. The van der Waals surface area contributed by atoms with Gasteiger partial charge in [-0.25, -0.2) is 8.42 Å². The largest absolute Gasteiger partial charge is 0.329 e. The van der Waals surface area contributed by atoms with Gasteiger partial charge in [-0.05, 0) is 25.7 Å². The molecule has 0 aromatic rings. The third kappa shape index (κ3) is 2.97. The van der Waals surface area contributed by atoms with E-state index in [4.69, 9.17) is 11.0 Å².